The summed E-state index contributed by atoms with van der Waals surface area (Å²) in [5.74, 6) is -0.639. The van der Waals surface area contributed by atoms with Gasteiger partial charge in [0.25, 0.3) is 5.91 Å². The molecule has 0 radical (unpaired) electrons. The van der Waals surface area contributed by atoms with Gasteiger partial charge in [0.15, 0.2) is 10.3 Å². The molecule has 0 aliphatic carbocycles. The van der Waals surface area contributed by atoms with Crippen LogP contribution in [0.15, 0.2) is 41.0 Å². The van der Waals surface area contributed by atoms with Gasteiger partial charge in [-0.2, -0.15) is 0 Å². The second-order valence-electron chi connectivity index (χ2n) is 4.69. The Morgan fingerprint density at radius 2 is 2.09 bits per heavy atom. The lowest BCUT2D eigenvalue weighted by Crippen LogP contribution is -2.16. The Kier molecular flexibility index (Phi) is 4.44. The van der Waals surface area contributed by atoms with Gasteiger partial charge in [-0.3, -0.25) is 14.7 Å². The highest BCUT2D eigenvalue weighted by Crippen LogP contribution is 2.23. The third kappa shape index (κ3) is 3.27. The fourth-order valence-corrected chi connectivity index (χ4v) is 3.28. The molecule has 0 bridgehead atoms. The van der Waals surface area contributed by atoms with Crippen molar-refractivity contribution in [2.45, 2.75) is 12.1 Å². The Balaban J connectivity index is 1.97. The maximum Gasteiger partial charge on any atom is 0.276 e. The van der Waals surface area contributed by atoms with E-state index in [1.807, 2.05) is 18.6 Å². The fourth-order valence-electron chi connectivity index (χ4n) is 2.05. The van der Waals surface area contributed by atoms with E-state index in [2.05, 4.69) is 15.3 Å². The van der Waals surface area contributed by atoms with Crippen molar-refractivity contribution in [3.05, 3.63) is 53.0 Å². The number of rotatable bonds is 4. The van der Waals surface area contributed by atoms with Gasteiger partial charge in [0.1, 0.15) is 11.5 Å². The number of benzene rings is 1. The highest BCUT2D eigenvalue weighted by molar-refractivity contribution is 7.98. The van der Waals surface area contributed by atoms with Crippen LogP contribution in [0, 0.1) is 12.7 Å². The molecule has 0 spiro atoms. The molecule has 2 aromatic heterocycles. The van der Waals surface area contributed by atoms with E-state index in [9.17, 15) is 9.18 Å². The van der Waals surface area contributed by atoms with Gasteiger partial charge < -0.3 is 0 Å². The number of nitrogens with one attached hydrogen (secondary N) is 1. The minimum atomic E-state index is -0.330. The van der Waals surface area contributed by atoms with Crippen LogP contribution in [0.3, 0.4) is 0 Å². The fraction of sp³-hybridized carbons (Fsp3) is 0.133. The van der Waals surface area contributed by atoms with Crippen molar-refractivity contribution < 1.29 is 9.18 Å². The monoisotopic (exact) mass is 348 g/mol. The molecular weight excluding hydrogens is 335 g/mol. The summed E-state index contributed by atoms with van der Waals surface area (Å²) < 4.78 is 14.8. The summed E-state index contributed by atoms with van der Waals surface area (Å²) in [5, 5.41) is 5.81. The molecule has 0 saturated carbocycles. The van der Waals surface area contributed by atoms with Crippen LogP contribution in [0.5, 0.6) is 0 Å². The highest BCUT2D eigenvalue weighted by Gasteiger charge is 2.18. The zero-order valence-electron chi connectivity index (χ0n) is 12.4. The van der Waals surface area contributed by atoms with Crippen LogP contribution >= 0.6 is 23.1 Å². The molecule has 8 heteroatoms. The predicted octanol–water partition coefficient (Wildman–Crippen LogP) is 3.75. The minimum absolute atomic E-state index is 0.309. The number of aryl methyl sites for hydroxylation is 1. The lowest BCUT2D eigenvalue weighted by atomic mass is 10.3. The number of hydrogen-bond donors (Lipinski definition) is 1. The van der Waals surface area contributed by atoms with E-state index in [0.29, 0.717) is 21.7 Å². The van der Waals surface area contributed by atoms with Gasteiger partial charge in [-0.15, -0.1) is 11.3 Å². The number of thioether (sulfide) groups is 1. The maximum absolute atomic E-state index is 13.1. The number of nitrogens with zero attached hydrogens (tertiary/aromatic N) is 3. The SMILES string of the molecule is CSc1ncc(C(=O)Nc2nc(C)cs2)n1-c1ccc(F)cc1. The van der Waals surface area contributed by atoms with Crippen molar-refractivity contribution >= 4 is 34.1 Å². The molecule has 23 heavy (non-hydrogen) atoms. The molecule has 0 aliphatic heterocycles. The number of anilines is 1. The van der Waals surface area contributed by atoms with E-state index in [1.54, 1.807) is 16.7 Å². The molecule has 0 aliphatic rings. The van der Waals surface area contributed by atoms with E-state index < -0.39 is 0 Å². The molecule has 1 aromatic carbocycles. The van der Waals surface area contributed by atoms with Crippen molar-refractivity contribution in [3.63, 3.8) is 0 Å². The van der Waals surface area contributed by atoms with Gasteiger partial charge >= 0.3 is 0 Å². The summed E-state index contributed by atoms with van der Waals surface area (Å²) in [6, 6.07) is 5.93. The quantitative estimate of drug-likeness (QED) is 0.730. The summed E-state index contributed by atoms with van der Waals surface area (Å²) in [6.45, 7) is 1.86. The molecule has 1 amide bonds. The number of amides is 1. The second-order valence-corrected chi connectivity index (χ2v) is 6.32. The molecule has 2 heterocycles. The number of hydrogen-bond acceptors (Lipinski definition) is 5. The summed E-state index contributed by atoms with van der Waals surface area (Å²) in [5.41, 5.74) is 1.89. The van der Waals surface area contributed by atoms with Crippen LogP contribution in [0.4, 0.5) is 9.52 Å². The van der Waals surface area contributed by atoms with Crippen molar-refractivity contribution in [1.82, 2.24) is 14.5 Å². The largest absolute Gasteiger partial charge is 0.296 e. The molecule has 3 rings (SSSR count). The van der Waals surface area contributed by atoms with E-state index >= 15 is 0 Å². The van der Waals surface area contributed by atoms with Crippen molar-refractivity contribution in [2.75, 3.05) is 11.6 Å². The Bertz CT molecular complexity index is 842. The first-order valence-electron chi connectivity index (χ1n) is 6.69. The average molecular weight is 348 g/mol. The van der Waals surface area contributed by atoms with E-state index in [0.717, 1.165) is 5.69 Å². The first kappa shape index (κ1) is 15.7. The smallest absolute Gasteiger partial charge is 0.276 e. The highest BCUT2D eigenvalue weighted by atomic mass is 32.2. The van der Waals surface area contributed by atoms with Crippen molar-refractivity contribution in [1.29, 1.82) is 0 Å². The molecule has 0 fully saturated rings. The third-order valence-electron chi connectivity index (χ3n) is 3.07. The third-order valence-corrected chi connectivity index (χ3v) is 4.60. The second kappa shape index (κ2) is 6.51. The standard InChI is InChI=1S/C15H13FN4OS2/c1-9-8-23-14(18-9)19-13(21)12-7-17-15(22-2)20(12)11-5-3-10(16)4-6-11/h3-8H,1-2H3,(H,18,19,21). The van der Waals surface area contributed by atoms with E-state index in [4.69, 9.17) is 0 Å². The van der Waals surface area contributed by atoms with Crippen LogP contribution in [-0.2, 0) is 0 Å². The predicted molar refractivity (Wildman–Crippen MR) is 90.1 cm³/mol. The summed E-state index contributed by atoms with van der Waals surface area (Å²) >= 11 is 2.77. The normalized spacial score (nSPS) is 10.7. The van der Waals surface area contributed by atoms with Crippen LogP contribution in [0.25, 0.3) is 5.69 Å². The van der Waals surface area contributed by atoms with Gasteiger partial charge in [-0.1, -0.05) is 11.8 Å². The Morgan fingerprint density at radius 1 is 1.35 bits per heavy atom. The maximum atomic E-state index is 13.1. The topological polar surface area (TPSA) is 59.8 Å². The van der Waals surface area contributed by atoms with E-state index in [-0.39, 0.29) is 11.7 Å². The number of thiazole rings is 1. The molecule has 5 nitrogen and oxygen atoms in total. The summed E-state index contributed by atoms with van der Waals surface area (Å²) in [7, 11) is 0. The van der Waals surface area contributed by atoms with Crippen molar-refractivity contribution in [3.8, 4) is 5.69 Å². The first-order chi connectivity index (χ1) is 11.1. The van der Waals surface area contributed by atoms with Gasteiger partial charge in [-0.05, 0) is 37.4 Å². The molecule has 118 valence electrons. The Hall–Kier alpha value is -2.19. The molecule has 0 atom stereocenters. The van der Waals surface area contributed by atoms with Crippen LogP contribution in [-0.4, -0.2) is 26.7 Å². The zero-order valence-corrected chi connectivity index (χ0v) is 14.0. The number of aromatic nitrogens is 3. The lowest BCUT2D eigenvalue weighted by Gasteiger charge is -2.10. The first-order valence-corrected chi connectivity index (χ1v) is 8.80. The van der Waals surface area contributed by atoms with Gasteiger partial charge in [-0.25, -0.2) is 14.4 Å². The number of halogens is 1. The minimum Gasteiger partial charge on any atom is -0.296 e. The van der Waals surface area contributed by atoms with Crippen LogP contribution in [0.1, 0.15) is 16.2 Å². The van der Waals surface area contributed by atoms with Gasteiger partial charge in [0.2, 0.25) is 0 Å². The summed E-state index contributed by atoms with van der Waals surface area (Å²) in [6.07, 6.45) is 3.37. The molecule has 1 N–H and O–H groups in total. The Morgan fingerprint density at radius 3 is 2.70 bits per heavy atom. The molecule has 0 saturated heterocycles. The zero-order chi connectivity index (χ0) is 16.4. The van der Waals surface area contributed by atoms with E-state index in [1.165, 1.54) is 41.4 Å². The van der Waals surface area contributed by atoms with Crippen LogP contribution in [0.2, 0.25) is 0 Å². The number of imidazole rings is 1. The van der Waals surface area contributed by atoms with Crippen molar-refractivity contribution in [2.24, 2.45) is 0 Å². The average Bonchev–Trinajstić information content (AvgIpc) is 3.14. The van der Waals surface area contributed by atoms with Gasteiger partial charge in [0.05, 0.1) is 11.9 Å². The Labute approximate surface area is 140 Å². The molecule has 0 unspecified atom stereocenters. The lowest BCUT2D eigenvalue weighted by molar-refractivity contribution is 0.102. The molecular formula is C15H13FN4OS2. The number of carbonyl (C=O) groups is 1. The molecule has 3 aromatic rings. The van der Waals surface area contributed by atoms with Gasteiger partial charge in [0, 0.05) is 11.1 Å². The summed E-state index contributed by atoms with van der Waals surface area (Å²) in [4.78, 5) is 21.0. The number of carbonyl (C=O) groups excluding carboxylic acids is 1. The van der Waals surface area contributed by atoms with Crippen LogP contribution < -0.4 is 5.32 Å².